The first kappa shape index (κ1) is 21.0. The highest BCUT2D eigenvalue weighted by Gasteiger charge is 2.26. The molecule has 0 spiro atoms. The lowest BCUT2D eigenvalue weighted by atomic mass is 10.0. The maximum Gasteiger partial charge on any atom is 0.192 e. The summed E-state index contributed by atoms with van der Waals surface area (Å²) in [5, 5.41) is 9.01. The summed E-state index contributed by atoms with van der Waals surface area (Å²) in [6.45, 7) is 9.84. The van der Waals surface area contributed by atoms with E-state index >= 15 is 0 Å². The molecular weight excluding hydrogens is 386 g/mol. The largest absolute Gasteiger partial charge is 0.355 e. The first-order valence-electron chi connectivity index (χ1n) is 9.59. The zero-order valence-corrected chi connectivity index (χ0v) is 18.1. The lowest BCUT2D eigenvalue weighted by Crippen LogP contribution is -2.16. The maximum atomic E-state index is 13.1. The lowest BCUT2D eigenvalue weighted by Gasteiger charge is -2.12. The van der Waals surface area contributed by atoms with Gasteiger partial charge in [-0.05, 0) is 51.8 Å². The number of aromatic amines is 1. The SMILES string of the molecule is CCCn1c(S[C@@H](C)C(=O)c2[nH]c(C)c(C(C)=O)c2C)nnc1-c1ccncc1. The van der Waals surface area contributed by atoms with E-state index in [0.717, 1.165) is 30.0 Å². The summed E-state index contributed by atoms with van der Waals surface area (Å²) >= 11 is 1.38. The van der Waals surface area contributed by atoms with Gasteiger partial charge in [0.1, 0.15) is 0 Å². The summed E-state index contributed by atoms with van der Waals surface area (Å²) in [5.41, 5.74) is 3.46. The van der Waals surface area contributed by atoms with E-state index in [1.54, 1.807) is 12.4 Å². The monoisotopic (exact) mass is 411 g/mol. The van der Waals surface area contributed by atoms with Crippen LogP contribution >= 0.6 is 11.8 Å². The zero-order valence-electron chi connectivity index (χ0n) is 17.3. The molecule has 3 heterocycles. The number of nitrogens with one attached hydrogen (secondary N) is 1. The quantitative estimate of drug-likeness (QED) is 0.440. The molecule has 0 fully saturated rings. The molecule has 152 valence electrons. The average Bonchev–Trinajstić information content (AvgIpc) is 3.22. The number of H-pyrrole nitrogens is 1. The van der Waals surface area contributed by atoms with E-state index in [1.807, 2.05) is 37.5 Å². The topological polar surface area (TPSA) is 93.5 Å². The molecule has 0 unspecified atom stereocenters. The zero-order chi connectivity index (χ0) is 21.1. The van der Waals surface area contributed by atoms with Gasteiger partial charge in [-0.1, -0.05) is 18.7 Å². The van der Waals surface area contributed by atoms with Crippen LogP contribution in [0.15, 0.2) is 29.7 Å². The van der Waals surface area contributed by atoms with Crippen molar-refractivity contribution in [3.63, 3.8) is 0 Å². The van der Waals surface area contributed by atoms with E-state index in [1.165, 1.54) is 18.7 Å². The molecule has 0 radical (unpaired) electrons. The van der Waals surface area contributed by atoms with Crippen molar-refractivity contribution in [1.82, 2.24) is 24.7 Å². The van der Waals surface area contributed by atoms with E-state index in [4.69, 9.17) is 0 Å². The summed E-state index contributed by atoms with van der Waals surface area (Å²) in [6.07, 6.45) is 4.37. The highest BCUT2D eigenvalue weighted by Crippen LogP contribution is 2.30. The highest BCUT2D eigenvalue weighted by molar-refractivity contribution is 8.00. The van der Waals surface area contributed by atoms with Crippen molar-refractivity contribution in [1.29, 1.82) is 0 Å². The number of hydrogen-bond donors (Lipinski definition) is 1. The van der Waals surface area contributed by atoms with Gasteiger partial charge in [0.05, 0.1) is 10.9 Å². The minimum atomic E-state index is -0.378. The van der Waals surface area contributed by atoms with E-state index in [-0.39, 0.29) is 16.8 Å². The van der Waals surface area contributed by atoms with Crippen LogP contribution in [0.3, 0.4) is 0 Å². The molecule has 8 heteroatoms. The van der Waals surface area contributed by atoms with Crippen molar-refractivity contribution in [2.24, 2.45) is 0 Å². The third-order valence-corrected chi connectivity index (χ3v) is 5.87. The van der Waals surface area contributed by atoms with Gasteiger partial charge < -0.3 is 9.55 Å². The van der Waals surface area contributed by atoms with Crippen LogP contribution in [0.2, 0.25) is 0 Å². The molecule has 29 heavy (non-hydrogen) atoms. The van der Waals surface area contributed by atoms with Crippen LogP contribution in [-0.4, -0.2) is 41.5 Å². The van der Waals surface area contributed by atoms with E-state index in [0.29, 0.717) is 22.0 Å². The number of thioether (sulfide) groups is 1. The Morgan fingerprint density at radius 3 is 2.48 bits per heavy atom. The Kier molecular flexibility index (Phi) is 6.32. The molecule has 1 N–H and O–H groups in total. The van der Waals surface area contributed by atoms with Gasteiger partial charge in [0.25, 0.3) is 0 Å². The Hall–Kier alpha value is -2.74. The second-order valence-electron chi connectivity index (χ2n) is 7.00. The summed E-state index contributed by atoms with van der Waals surface area (Å²) in [5.74, 6) is 0.669. The fourth-order valence-corrected chi connectivity index (χ4v) is 4.39. The molecule has 0 aromatic carbocycles. The van der Waals surface area contributed by atoms with Gasteiger partial charge >= 0.3 is 0 Å². The van der Waals surface area contributed by atoms with Gasteiger partial charge in [-0.25, -0.2) is 0 Å². The van der Waals surface area contributed by atoms with Crippen LogP contribution in [0.1, 0.15) is 59.3 Å². The van der Waals surface area contributed by atoms with Crippen molar-refractivity contribution in [2.75, 3.05) is 0 Å². The van der Waals surface area contributed by atoms with Crippen molar-refractivity contribution < 1.29 is 9.59 Å². The number of hydrogen-bond acceptors (Lipinski definition) is 6. The van der Waals surface area contributed by atoms with Gasteiger partial charge in [0.2, 0.25) is 0 Å². The summed E-state index contributed by atoms with van der Waals surface area (Å²) < 4.78 is 2.04. The van der Waals surface area contributed by atoms with Gasteiger partial charge in [-0.3, -0.25) is 14.6 Å². The van der Waals surface area contributed by atoms with Crippen molar-refractivity contribution in [3.8, 4) is 11.4 Å². The molecule has 0 bridgehead atoms. The first-order valence-corrected chi connectivity index (χ1v) is 10.5. The molecule has 1 atom stereocenters. The number of rotatable bonds is 8. The van der Waals surface area contributed by atoms with Crippen LogP contribution in [0.25, 0.3) is 11.4 Å². The van der Waals surface area contributed by atoms with Gasteiger partial charge in [-0.2, -0.15) is 0 Å². The van der Waals surface area contributed by atoms with E-state index in [2.05, 4.69) is 27.1 Å². The second kappa shape index (κ2) is 8.73. The fraction of sp³-hybridized carbons (Fsp3) is 0.381. The van der Waals surface area contributed by atoms with Crippen LogP contribution < -0.4 is 0 Å². The Morgan fingerprint density at radius 1 is 1.21 bits per heavy atom. The highest BCUT2D eigenvalue weighted by atomic mass is 32.2. The molecule has 0 amide bonds. The number of carbonyl (C=O) groups excluding carboxylic acids is 2. The first-order chi connectivity index (χ1) is 13.8. The Bertz CT molecular complexity index is 1040. The minimum Gasteiger partial charge on any atom is -0.355 e. The predicted octanol–water partition coefficient (Wildman–Crippen LogP) is 4.26. The number of Topliss-reactive ketones (excluding diaryl/α,β-unsaturated/α-hetero) is 2. The maximum absolute atomic E-state index is 13.1. The molecule has 3 aromatic rings. The molecule has 0 aliphatic heterocycles. The number of aryl methyl sites for hydroxylation is 1. The fourth-order valence-electron chi connectivity index (χ4n) is 3.45. The molecule has 0 saturated heterocycles. The average molecular weight is 412 g/mol. The number of carbonyl (C=O) groups is 2. The third kappa shape index (κ3) is 4.17. The van der Waals surface area contributed by atoms with Gasteiger partial charge in [0, 0.05) is 35.8 Å². The molecule has 0 aliphatic rings. The van der Waals surface area contributed by atoms with Crippen molar-refractivity contribution in [2.45, 2.75) is 58.0 Å². The normalized spacial score (nSPS) is 12.2. The number of pyridine rings is 1. The lowest BCUT2D eigenvalue weighted by molar-refractivity contribution is 0.0988. The van der Waals surface area contributed by atoms with Gasteiger partial charge in [0.15, 0.2) is 22.5 Å². The van der Waals surface area contributed by atoms with Crippen LogP contribution in [0, 0.1) is 13.8 Å². The van der Waals surface area contributed by atoms with Crippen molar-refractivity contribution >= 4 is 23.3 Å². The molecule has 7 nitrogen and oxygen atoms in total. The smallest absolute Gasteiger partial charge is 0.192 e. The van der Waals surface area contributed by atoms with Crippen LogP contribution in [0.4, 0.5) is 0 Å². The number of ketones is 2. The summed E-state index contributed by atoms with van der Waals surface area (Å²) in [6, 6.07) is 3.79. The molecule has 3 aromatic heterocycles. The van der Waals surface area contributed by atoms with Crippen LogP contribution in [0.5, 0.6) is 0 Å². The predicted molar refractivity (Wildman–Crippen MR) is 113 cm³/mol. The van der Waals surface area contributed by atoms with Crippen molar-refractivity contribution in [3.05, 3.63) is 47.0 Å². The van der Waals surface area contributed by atoms with E-state index < -0.39 is 0 Å². The molecule has 0 saturated carbocycles. The Balaban J connectivity index is 1.88. The minimum absolute atomic E-state index is 0.0414. The standard InChI is InChI=1S/C21H25N5O2S/c1-6-11-26-20(16-7-9-22-10-8-16)24-25-21(26)29-15(5)19(28)18-12(2)17(14(4)27)13(3)23-18/h7-10,15,23H,6,11H2,1-5H3/t15-/m0/s1. The summed E-state index contributed by atoms with van der Waals surface area (Å²) in [7, 11) is 0. The van der Waals surface area contributed by atoms with Gasteiger partial charge in [-0.15, -0.1) is 10.2 Å². The Labute approximate surface area is 174 Å². The second-order valence-corrected chi connectivity index (χ2v) is 8.31. The van der Waals surface area contributed by atoms with E-state index in [9.17, 15) is 9.59 Å². The number of aromatic nitrogens is 5. The molecule has 3 rings (SSSR count). The molecular formula is C21H25N5O2S. The third-order valence-electron chi connectivity index (χ3n) is 4.79. The Morgan fingerprint density at radius 2 is 1.90 bits per heavy atom. The van der Waals surface area contributed by atoms with Crippen LogP contribution in [-0.2, 0) is 6.54 Å². The molecule has 0 aliphatic carbocycles. The number of nitrogens with zero attached hydrogens (tertiary/aromatic N) is 4. The summed E-state index contributed by atoms with van der Waals surface area (Å²) in [4.78, 5) is 32.1.